The Morgan fingerprint density at radius 1 is 1.05 bits per heavy atom. The molecule has 0 aromatic heterocycles. The molecular formula is C18H19NO2S. The van der Waals surface area contributed by atoms with E-state index in [9.17, 15) is 0 Å². The van der Waals surface area contributed by atoms with Crippen LogP contribution in [0.5, 0.6) is 0 Å². The van der Waals surface area contributed by atoms with Gasteiger partial charge in [-0.05, 0) is 30.0 Å². The van der Waals surface area contributed by atoms with Gasteiger partial charge in [-0.25, -0.2) is 0 Å². The van der Waals surface area contributed by atoms with E-state index < -0.39 is 0 Å². The second-order valence-corrected chi connectivity index (χ2v) is 6.49. The van der Waals surface area contributed by atoms with E-state index in [2.05, 4.69) is 54.0 Å². The summed E-state index contributed by atoms with van der Waals surface area (Å²) < 4.78 is 12.2. The highest BCUT2D eigenvalue weighted by molar-refractivity contribution is 7.98. The summed E-state index contributed by atoms with van der Waals surface area (Å²) in [4.78, 5) is 1.26. The van der Waals surface area contributed by atoms with Crippen molar-refractivity contribution in [2.24, 2.45) is 0 Å². The zero-order chi connectivity index (χ0) is 14.9. The Hall–Kier alpha value is -1.49. The summed E-state index contributed by atoms with van der Waals surface area (Å²) in [7, 11) is 0. The van der Waals surface area contributed by atoms with Crippen molar-refractivity contribution in [1.82, 2.24) is 0 Å². The fraction of sp³-hybridized carbons (Fsp3) is 0.333. The summed E-state index contributed by atoms with van der Waals surface area (Å²) in [5, 5.41) is 3.65. The maximum Gasteiger partial charge on any atom is 0.113 e. The van der Waals surface area contributed by atoms with E-state index in [-0.39, 0.29) is 18.2 Å². The van der Waals surface area contributed by atoms with Crippen molar-refractivity contribution >= 4 is 17.4 Å². The molecule has 4 heteroatoms. The predicted octanol–water partition coefficient (Wildman–Crippen LogP) is 4.03. The first-order chi connectivity index (χ1) is 10.9. The SMILES string of the molecule is CSc1ccc2c(c1)C1OCCOC1C(c1ccccc1)N2. The lowest BCUT2D eigenvalue weighted by atomic mass is 9.88. The fourth-order valence-electron chi connectivity index (χ4n) is 3.30. The van der Waals surface area contributed by atoms with Crippen LogP contribution in [0.4, 0.5) is 5.69 Å². The van der Waals surface area contributed by atoms with E-state index >= 15 is 0 Å². The highest BCUT2D eigenvalue weighted by atomic mass is 32.2. The Bertz CT molecular complexity index is 661. The van der Waals surface area contributed by atoms with Gasteiger partial charge in [-0.2, -0.15) is 0 Å². The second kappa shape index (κ2) is 5.95. The van der Waals surface area contributed by atoms with Crippen LogP contribution in [0, 0.1) is 0 Å². The Morgan fingerprint density at radius 2 is 1.86 bits per heavy atom. The van der Waals surface area contributed by atoms with Crippen molar-refractivity contribution < 1.29 is 9.47 Å². The van der Waals surface area contributed by atoms with Gasteiger partial charge in [0.25, 0.3) is 0 Å². The number of thioether (sulfide) groups is 1. The largest absolute Gasteiger partial charge is 0.375 e. The van der Waals surface area contributed by atoms with Gasteiger partial charge >= 0.3 is 0 Å². The van der Waals surface area contributed by atoms with Gasteiger partial charge < -0.3 is 14.8 Å². The third-order valence-corrected chi connectivity index (χ3v) is 5.08. The minimum atomic E-state index is 0.00214. The molecule has 2 aliphatic heterocycles. The normalized spacial score (nSPS) is 26.7. The third-order valence-electron chi connectivity index (χ3n) is 4.35. The van der Waals surface area contributed by atoms with E-state index in [1.807, 2.05) is 6.07 Å². The predicted molar refractivity (Wildman–Crippen MR) is 89.5 cm³/mol. The molecule has 2 aromatic carbocycles. The summed E-state index contributed by atoms with van der Waals surface area (Å²) in [5.74, 6) is 0. The fourth-order valence-corrected chi connectivity index (χ4v) is 3.75. The first-order valence-corrected chi connectivity index (χ1v) is 8.82. The van der Waals surface area contributed by atoms with Crippen LogP contribution in [-0.4, -0.2) is 25.6 Å². The molecule has 1 saturated heterocycles. The molecule has 3 nitrogen and oxygen atoms in total. The topological polar surface area (TPSA) is 30.5 Å². The Morgan fingerprint density at radius 3 is 2.68 bits per heavy atom. The summed E-state index contributed by atoms with van der Waals surface area (Å²) in [6.07, 6.45) is 2.11. The monoisotopic (exact) mass is 313 g/mol. The van der Waals surface area contributed by atoms with Crippen LogP contribution in [0.3, 0.4) is 0 Å². The first kappa shape index (κ1) is 14.1. The number of rotatable bonds is 2. The number of fused-ring (bicyclic) bond motifs is 3. The Labute approximate surface area is 135 Å². The van der Waals surface area contributed by atoms with Gasteiger partial charge in [0.15, 0.2) is 0 Å². The van der Waals surface area contributed by atoms with E-state index in [0.717, 1.165) is 5.69 Å². The van der Waals surface area contributed by atoms with Crippen molar-refractivity contribution in [3.05, 3.63) is 59.7 Å². The number of ether oxygens (including phenoxy) is 2. The molecule has 1 fully saturated rings. The van der Waals surface area contributed by atoms with Gasteiger partial charge in [-0.15, -0.1) is 11.8 Å². The molecular weight excluding hydrogens is 294 g/mol. The van der Waals surface area contributed by atoms with Gasteiger partial charge in [0, 0.05) is 16.1 Å². The summed E-state index contributed by atoms with van der Waals surface area (Å²) >= 11 is 1.75. The van der Waals surface area contributed by atoms with E-state index in [1.165, 1.54) is 16.0 Å². The average Bonchev–Trinajstić information content (AvgIpc) is 2.61. The summed E-state index contributed by atoms with van der Waals surface area (Å²) in [6.45, 7) is 1.31. The molecule has 3 atom stereocenters. The maximum atomic E-state index is 6.09. The quantitative estimate of drug-likeness (QED) is 0.848. The molecule has 2 heterocycles. The van der Waals surface area contributed by atoms with Crippen molar-refractivity contribution in [3.63, 3.8) is 0 Å². The molecule has 3 unspecified atom stereocenters. The van der Waals surface area contributed by atoms with Crippen molar-refractivity contribution in [2.75, 3.05) is 24.8 Å². The molecule has 4 rings (SSSR count). The van der Waals surface area contributed by atoms with Crippen LogP contribution < -0.4 is 5.32 Å². The van der Waals surface area contributed by atoms with Crippen LogP contribution in [0.2, 0.25) is 0 Å². The smallest absolute Gasteiger partial charge is 0.113 e. The van der Waals surface area contributed by atoms with Crippen molar-refractivity contribution in [3.8, 4) is 0 Å². The van der Waals surface area contributed by atoms with Gasteiger partial charge in [-0.1, -0.05) is 30.3 Å². The van der Waals surface area contributed by atoms with Crippen LogP contribution in [0.25, 0.3) is 0 Å². The molecule has 0 aliphatic carbocycles. The third kappa shape index (κ3) is 2.41. The van der Waals surface area contributed by atoms with Gasteiger partial charge in [0.05, 0.1) is 19.3 Å². The molecule has 2 aromatic rings. The van der Waals surface area contributed by atoms with Crippen molar-refractivity contribution in [2.45, 2.75) is 23.1 Å². The molecule has 1 N–H and O–H groups in total. The zero-order valence-corrected chi connectivity index (χ0v) is 13.3. The molecule has 0 saturated carbocycles. The Kier molecular flexibility index (Phi) is 3.82. The lowest BCUT2D eigenvalue weighted by Gasteiger charge is -2.43. The molecule has 0 bridgehead atoms. The zero-order valence-electron chi connectivity index (χ0n) is 12.5. The minimum Gasteiger partial charge on any atom is -0.375 e. The number of hydrogen-bond donors (Lipinski definition) is 1. The number of anilines is 1. The highest BCUT2D eigenvalue weighted by Gasteiger charge is 2.40. The second-order valence-electron chi connectivity index (χ2n) is 5.61. The molecule has 114 valence electrons. The number of hydrogen-bond acceptors (Lipinski definition) is 4. The van der Waals surface area contributed by atoms with Crippen molar-refractivity contribution in [1.29, 1.82) is 0 Å². The summed E-state index contributed by atoms with van der Waals surface area (Å²) in [6, 6.07) is 17.1. The van der Waals surface area contributed by atoms with E-state index in [1.54, 1.807) is 11.8 Å². The maximum absolute atomic E-state index is 6.09. The van der Waals surface area contributed by atoms with Gasteiger partial charge in [0.2, 0.25) is 0 Å². The van der Waals surface area contributed by atoms with Crippen LogP contribution >= 0.6 is 11.8 Å². The first-order valence-electron chi connectivity index (χ1n) is 7.59. The molecule has 2 aliphatic rings. The minimum absolute atomic E-state index is 0.00214. The standard InChI is InChI=1S/C18H19NO2S/c1-22-13-7-8-15-14(11-13)17-18(21-10-9-20-17)16(19-15)12-5-3-2-4-6-12/h2-8,11,16-19H,9-10H2,1H3. The van der Waals surface area contributed by atoms with Gasteiger partial charge in [0.1, 0.15) is 12.2 Å². The Balaban J connectivity index is 1.77. The number of nitrogens with one attached hydrogen (secondary N) is 1. The van der Waals surface area contributed by atoms with Gasteiger partial charge in [-0.3, -0.25) is 0 Å². The lowest BCUT2D eigenvalue weighted by molar-refractivity contribution is -0.151. The van der Waals surface area contributed by atoms with E-state index in [4.69, 9.17) is 9.47 Å². The highest BCUT2D eigenvalue weighted by Crippen LogP contribution is 2.44. The summed E-state index contributed by atoms with van der Waals surface area (Å²) in [5.41, 5.74) is 3.60. The molecule has 0 spiro atoms. The van der Waals surface area contributed by atoms with E-state index in [0.29, 0.717) is 13.2 Å². The average molecular weight is 313 g/mol. The molecule has 0 radical (unpaired) electrons. The molecule has 0 amide bonds. The van der Waals surface area contributed by atoms with Crippen LogP contribution in [-0.2, 0) is 9.47 Å². The number of benzene rings is 2. The molecule has 22 heavy (non-hydrogen) atoms. The van der Waals surface area contributed by atoms with Crippen LogP contribution in [0.1, 0.15) is 23.3 Å². The lowest BCUT2D eigenvalue weighted by Crippen LogP contribution is -2.43. The van der Waals surface area contributed by atoms with Crippen LogP contribution in [0.15, 0.2) is 53.4 Å².